The van der Waals surface area contributed by atoms with Crippen molar-refractivity contribution in [3.63, 3.8) is 0 Å². The quantitative estimate of drug-likeness (QED) is 0.730. The summed E-state index contributed by atoms with van der Waals surface area (Å²) in [6.07, 6.45) is 3.78. The van der Waals surface area contributed by atoms with Gasteiger partial charge in [0.1, 0.15) is 6.10 Å². The molecule has 1 fully saturated rings. The van der Waals surface area contributed by atoms with Crippen LogP contribution in [0.4, 0.5) is 0 Å². The first kappa shape index (κ1) is 16.0. The number of hydrogen-bond donors (Lipinski definition) is 0. The van der Waals surface area contributed by atoms with E-state index < -0.39 is 0 Å². The molecule has 3 heterocycles. The summed E-state index contributed by atoms with van der Waals surface area (Å²) in [4.78, 5) is 2.21. The molecule has 0 bridgehead atoms. The molecule has 0 radical (unpaired) electrons. The average Bonchev–Trinajstić information content (AvgIpc) is 3.23. The van der Waals surface area contributed by atoms with Crippen molar-refractivity contribution < 1.29 is 9.15 Å². The fraction of sp³-hybridized carbons (Fsp3) is 0.389. The standard InChI is InChI=1S/C18H21N5O2/c1-12-9-22(2)11-16(24-12)18-21-20-17(25-18)14-6-4-5-13(7-14)15-8-19-23(3)10-15/h4-8,10,12,16H,9,11H2,1-3H3/t12-,16-/m1/s1. The van der Waals surface area contributed by atoms with Gasteiger partial charge in [0, 0.05) is 37.5 Å². The zero-order valence-corrected chi connectivity index (χ0v) is 14.6. The van der Waals surface area contributed by atoms with Gasteiger partial charge in [0.15, 0.2) is 0 Å². The molecule has 3 aromatic rings. The average molecular weight is 339 g/mol. The molecule has 7 heteroatoms. The second-order valence-electron chi connectivity index (χ2n) is 6.59. The molecule has 1 aromatic carbocycles. The van der Waals surface area contributed by atoms with Crippen LogP contribution in [0.5, 0.6) is 0 Å². The van der Waals surface area contributed by atoms with Gasteiger partial charge in [-0.3, -0.25) is 4.68 Å². The van der Waals surface area contributed by atoms with E-state index in [4.69, 9.17) is 9.15 Å². The van der Waals surface area contributed by atoms with Crippen LogP contribution in [0, 0.1) is 0 Å². The van der Waals surface area contributed by atoms with Gasteiger partial charge in [-0.2, -0.15) is 5.10 Å². The van der Waals surface area contributed by atoms with Gasteiger partial charge >= 0.3 is 0 Å². The molecule has 25 heavy (non-hydrogen) atoms. The minimum Gasteiger partial charge on any atom is -0.418 e. The maximum atomic E-state index is 5.94. The normalized spacial score (nSPS) is 21.6. The molecular weight excluding hydrogens is 318 g/mol. The minimum atomic E-state index is -0.184. The van der Waals surface area contributed by atoms with Crippen LogP contribution in [0.3, 0.4) is 0 Å². The van der Waals surface area contributed by atoms with E-state index in [1.54, 1.807) is 4.68 Å². The molecule has 7 nitrogen and oxygen atoms in total. The Bertz CT molecular complexity index is 862. The highest BCUT2D eigenvalue weighted by atomic mass is 16.5. The number of hydrogen-bond acceptors (Lipinski definition) is 6. The molecule has 0 aliphatic carbocycles. The first-order valence-electron chi connectivity index (χ1n) is 8.35. The van der Waals surface area contributed by atoms with Crippen LogP contribution >= 0.6 is 0 Å². The Hall–Kier alpha value is -2.51. The maximum Gasteiger partial charge on any atom is 0.247 e. The number of nitrogens with zero attached hydrogens (tertiary/aromatic N) is 5. The molecule has 0 spiro atoms. The van der Waals surface area contributed by atoms with Crippen LogP contribution in [0.25, 0.3) is 22.6 Å². The smallest absolute Gasteiger partial charge is 0.247 e. The molecule has 0 N–H and O–H groups in total. The van der Waals surface area contributed by atoms with Crippen molar-refractivity contribution in [1.82, 2.24) is 24.9 Å². The van der Waals surface area contributed by atoms with E-state index in [-0.39, 0.29) is 12.2 Å². The van der Waals surface area contributed by atoms with Crippen molar-refractivity contribution >= 4 is 0 Å². The third-order valence-electron chi connectivity index (χ3n) is 4.31. The monoisotopic (exact) mass is 339 g/mol. The van der Waals surface area contributed by atoms with Crippen molar-refractivity contribution in [3.05, 3.63) is 42.5 Å². The Labute approximate surface area is 146 Å². The topological polar surface area (TPSA) is 69.2 Å². The highest BCUT2D eigenvalue weighted by Crippen LogP contribution is 2.28. The summed E-state index contributed by atoms with van der Waals surface area (Å²) in [6.45, 7) is 3.71. The lowest BCUT2D eigenvalue weighted by atomic mass is 10.1. The van der Waals surface area contributed by atoms with E-state index in [1.807, 2.05) is 43.7 Å². The Morgan fingerprint density at radius 3 is 2.68 bits per heavy atom. The first-order chi connectivity index (χ1) is 12.1. The fourth-order valence-corrected chi connectivity index (χ4v) is 3.18. The van der Waals surface area contributed by atoms with Gasteiger partial charge in [-0.1, -0.05) is 12.1 Å². The molecule has 1 aliphatic heterocycles. The second-order valence-corrected chi connectivity index (χ2v) is 6.59. The molecule has 4 rings (SSSR count). The minimum absolute atomic E-state index is 0.146. The van der Waals surface area contributed by atoms with Crippen LogP contribution in [-0.2, 0) is 11.8 Å². The van der Waals surface area contributed by atoms with E-state index in [2.05, 4.69) is 34.2 Å². The number of morpholine rings is 1. The zero-order valence-electron chi connectivity index (χ0n) is 14.6. The number of ether oxygens (including phenoxy) is 1. The lowest BCUT2D eigenvalue weighted by Crippen LogP contribution is -2.40. The maximum absolute atomic E-state index is 5.94. The second kappa shape index (κ2) is 6.42. The predicted molar refractivity (Wildman–Crippen MR) is 92.7 cm³/mol. The van der Waals surface area contributed by atoms with Gasteiger partial charge < -0.3 is 14.1 Å². The summed E-state index contributed by atoms with van der Waals surface area (Å²) < 4.78 is 13.6. The number of likely N-dealkylation sites (N-methyl/N-ethyl adjacent to an activating group) is 1. The molecule has 0 unspecified atom stereocenters. The van der Waals surface area contributed by atoms with Gasteiger partial charge in [-0.25, -0.2) is 0 Å². The molecule has 0 saturated carbocycles. The number of benzene rings is 1. The van der Waals surface area contributed by atoms with Crippen LogP contribution in [0.1, 0.15) is 18.9 Å². The van der Waals surface area contributed by atoms with Gasteiger partial charge in [0.25, 0.3) is 0 Å². The molecule has 0 amide bonds. The van der Waals surface area contributed by atoms with E-state index >= 15 is 0 Å². The Morgan fingerprint density at radius 2 is 1.92 bits per heavy atom. The van der Waals surface area contributed by atoms with Crippen molar-refractivity contribution in [1.29, 1.82) is 0 Å². The third-order valence-corrected chi connectivity index (χ3v) is 4.31. The number of aryl methyl sites for hydroxylation is 1. The fourth-order valence-electron chi connectivity index (χ4n) is 3.18. The van der Waals surface area contributed by atoms with Crippen LogP contribution in [-0.4, -0.2) is 51.1 Å². The van der Waals surface area contributed by atoms with Crippen LogP contribution in [0.2, 0.25) is 0 Å². The Balaban J connectivity index is 1.60. The molecule has 130 valence electrons. The Kier molecular flexibility index (Phi) is 4.10. The zero-order chi connectivity index (χ0) is 17.4. The van der Waals surface area contributed by atoms with Crippen molar-refractivity contribution in [2.24, 2.45) is 7.05 Å². The number of rotatable bonds is 3. The van der Waals surface area contributed by atoms with Crippen molar-refractivity contribution in [2.75, 3.05) is 20.1 Å². The summed E-state index contributed by atoms with van der Waals surface area (Å²) in [5, 5.41) is 12.6. The molecular formula is C18H21N5O2. The molecule has 1 aliphatic rings. The van der Waals surface area contributed by atoms with E-state index in [0.717, 1.165) is 29.8 Å². The van der Waals surface area contributed by atoms with Gasteiger partial charge in [0.05, 0.1) is 12.3 Å². The third kappa shape index (κ3) is 3.33. The SMILES string of the molecule is C[C@@H]1CN(C)C[C@H](c2nnc(-c3cccc(-c4cnn(C)c4)c3)o2)O1. The van der Waals surface area contributed by atoms with Crippen LogP contribution in [0.15, 0.2) is 41.1 Å². The van der Waals surface area contributed by atoms with E-state index in [1.165, 1.54) is 0 Å². The summed E-state index contributed by atoms with van der Waals surface area (Å²) in [7, 11) is 3.97. The van der Waals surface area contributed by atoms with Gasteiger partial charge in [-0.05, 0) is 31.7 Å². The highest BCUT2D eigenvalue weighted by Gasteiger charge is 2.28. The highest BCUT2D eigenvalue weighted by molar-refractivity contribution is 5.68. The number of aromatic nitrogens is 4. The van der Waals surface area contributed by atoms with Crippen LogP contribution < -0.4 is 0 Å². The first-order valence-corrected chi connectivity index (χ1v) is 8.35. The van der Waals surface area contributed by atoms with Crippen molar-refractivity contribution in [2.45, 2.75) is 19.1 Å². The van der Waals surface area contributed by atoms with E-state index in [0.29, 0.717) is 11.8 Å². The summed E-state index contributed by atoms with van der Waals surface area (Å²) in [5.74, 6) is 1.03. The van der Waals surface area contributed by atoms with E-state index in [9.17, 15) is 0 Å². The lowest BCUT2D eigenvalue weighted by Gasteiger charge is -2.32. The predicted octanol–water partition coefficient (Wildman–Crippen LogP) is 2.53. The Morgan fingerprint density at radius 1 is 1.08 bits per heavy atom. The lowest BCUT2D eigenvalue weighted by molar-refractivity contribution is -0.0821. The molecule has 2 atom stereocenters. The van der Waals surface area contributed by atoms with Gasteiger partial charge in [0.2, 0.25) is 11.8 Å². The molecule has 1 saturated heterocycles. The van der Waals surface area contributed by atoms with Crippen molar-refractivity contribution in [3.8, 4) is 22.6 Å². The molecule has 2 aromatic heterocycles. The summed E-state index contributed by atoms with van der Waals surface area (Å²) in [5.41, 5.74) is 3.00. The summed E-state index contributed by atoms with van der Waals surface area (Å²) >= 11 is 0. The summed E-state index contributed by atoms with van der Waals surface area (Å²) in [6, 6.07) is 8.02. The largest absolute Gasteiger partial charge is 0.418 e. The van der Waals surface area contributed by atoms with Gasteiger partial charge in [-0.15, -0.1) is 10.2 Å².